The van der Waals surface area contributed by atoms with Crippen LogP contribution in [0.5, 0.6) is 0 Å². The number of nitrogens with two attached hydrogens (primary N) is 1. The highest BCUT2D eigenvalue weighted by Gasteiger charge is 2.17. The lowest BCUT2D eigenvalue weighted by Gasteiger charge is -2.20. The minimum Gasteiger partial charge on any atom is -0.444 e. The molecule has 0 heterocycles. The average molecular weight is 285 g/mol. The maximum atomic E-state index is 11.7. The summed E-state index contributed by atoms with van der Waals surface area (Å²) in [4.78, 5) is 11.7. The standard InChI is InChI=1S/C14H21ClN2O2/c1-9(8-16)10-5-6-11(15)12(7-10)17-13(18)19-14(2,3)4/h5-7,9H,8,16H2,1-4H3,(H,17,18). The molecule has 3 N–H and O–H groups in total. The Morgan fingerprint density at radius 1 is 1.47 bits per heavy atom. The zero-order valence-corrected chi connectivity index (χ0v) is 12.5. The number of ether oxygens (including phenoxy) is 1. The second kappa shape index (κ2) is 6.26. The van der Waals surface area contributed by atoms with Gasteiger partial charge >= 0.3 is 6.09 Å². The molecule has 106 valence electrons. The van der Waals surface area contributed by atoms with Crippen LogP contribution < -0.4 is 11.1 Å². The van der Waals surface area contributed by atoms with Crippen LogP contribution in [0.2, 0.25) is 5.02 Å². The van der Waals surface area contributed by atoms with Gasteiger partial charge in [0, 0.05) is 0 Å². The molecule has 1 aromatic rings. The lowest BCUT2D eigenvalue weighted by Crippen LogP contribution is -2.27. The minimum atomic E-state index is -0.543. The fraction of sp³-hybridized carbons (Fsp3) is 0.500. The molecule has 1 amide bonds. The second-order valence-electron chi connectivity index (χ2n) is 5.50. The third kappa shape index (κ3) is 5.09. The van der Waals surface area contributed by atoms with Gasteiger partial charge in [-0.05, 0) is 50.9 Å². The van der Waals surface area contributed by atoms with Crippen molar-refractivity contribution in [3.63, 3.8) is 0 Å². The zero-order valence-electron chi connectivity index (χ0n) is 11.8. The van der Waals surface area contributed by atoms with E-state index < -0.39 is 11.7 Å². The summed E-state index contributed by atoms with van der Waals surface area (Å²) in [6.45, 7) is 7.97. The number of carbonyl (C=O) groups is 1. The van der Waals surface area contributed by atoms with Crippen LogP contribution in [0.1, 0.15) is 39.2 Å². The quantitative estimate of drug-likeness (QED) is 0.888. The van der Waals surface area contributed by atoms with E-state index in [0.717, 1.165) is 5.56 Å². The third-order valence-corrected chi connectivity index (χ3v) is 2.88. The Bertz CT molecular complexity index is 455. The number of benzene rings is 1. The number of nitrogens with one attached hydrogen (secondary N) is 1. The van der Waals surface area contributed by atoms with Crippen molar-refractivity contribution >= 4 is 23.4 Å². The number of anilines is 1. The van der Waals surface area contributed by atoms with E-state index in [1.807, 2.05) is 19.1 Å². The number of amides is 1. The van der Waals surface area contributed by atoms with Crippen molar-refractivity contribution in [3.05, 3.63) is 28.8 Å². The van der Waals surface area contributed by atoms with Gasteiger partial charge in [0.25, 0.3) is 0 Å². The van der Waals surface area contributed by atoms with Crippen molar-refractivity contribution in [1.29, 1.82) is 0 Å². The number of carbonyl (C=O) groups excluding carboxylic acids is 1. The summed E-state index contributed by atoms with van der Waals surface area (Å²) in [5.74, 6) is 0.205. The van der Waals surface area contributed by atoms with E-state index in [2.05, 4.69) is 5.32 Å². The maximum Gasteiger partial charge on any atom is 0.412 e. The van der Waals surface area contributed by atoms with Crippen molar-refractivity contribution in [1.82, 2.24) is 0 Å². The highest BCUT2D eigenvalue weighted by molar-refractivity contribution is 6.33. The second-order valence-corrected chi connectivity index (χ2v) is 5.91. The highest BCUT2D eigenvalue weighted by Crippen LogP contribution is 2.27. The molecule has 0 aliphatic carbocycles. The van der Waals surface area contributed by atoms with Crippen LogP contribution >= 0.6 is 11.6 Å². The monoisotopic (exact) mass is 284 g/mol. The van der Waals surface area contributed by atoms with Gasteiger partial charge in [-0.1, -0.05) is 24.6 Å². The number of rotatable bonds is 3. The van der Waals surface area contributed by atoms with Crippen molar-refractivity contribution in [2.45, 2.75) is 39.2 Å². The van der Waals surface area contributed by atoms with Gasteiger partial charge < -0.3 is 10.5 Å². The minimum absolute atomic E-state index is 0.205. The van der Waals surface area contributed by atoms with Crippen LogP contribution in [0.4, 0.5) is 10.5 Å². The molecule has 19 heavy (non-hydrogen) atoms. The Balaban J connectivity index is 2.85. The number of hydrogen-bond donors (Lipinski definition) is 2. The van der Waals surface area contributed by atoms with Crippen molar-refractivity contribution in [2.75, 3.05) is 11.9 Å². The average Bonchev–Trinajstić information content (AvgIpc) is 2.28. The van der Waals surface area contributed by atoms with E-state index in [4.69, 9.17) is 22.1 Å². The molecule has 0 spiro atoms. The molecule has 1 rings (SSSR count). The highest BCUT2D eigenvalue weighted by atomic mass is 35.5. The van der Waals surface area contributed by atoms with E-state index in [1.54, 1.807) is 26.8 Å². The summed E-state index contributed by atoms with van der Waals surface area (Å²) in [5.41, 5.74) is 6.65. The van der Waals surface area contributed by atoms with Crippen LogP contribution in [0.3, 0.4) is 0 Å². The molecule has 0 aliphatic heterocycles. The molecule has 4 nitrogen and oxygen atoms in total. The Hall–Kier alpha value is -1.26. The molecule has 1 aromatic carbocycles. The lowest BCUT2D eigenvalue weighted by atomic mass is 10.0. The number of hydrogen-bond acceptors (Lipinski definition) is 3. The van der Waals surface area contributed by atoms with Gasteiger partial charge in [0.1, 0.15) is 5.60 Å². The third-order valence-electron chi connectivity index (χ3n) is 2.55. The Labute approximate surface area is 119 Å². The number of halogens is 1. The van der Waals surface area contributed by atoms with E-state index in [9.17, 15) is 4.79 Å². The summed E-state index contributed by atoms with van der Waals surface area (Å²) in [5, 5.41) is 3.12. The van der Waals surface area contributed by atoms with Crippen LogP contribution in [0.15, 0.2) is 18.2 Å². The molecule has 0 bridgehead atoms. The molecular formula is C14H21ClN2O2. The van der Waals surface area contributed by atoms with Crippen molar-refractivity contribution in [2.24, 2.45) is 5.73 Å². The maximum absolute atomic E-state index is 11.7. The molecule has 0 fully saturated rings. The smallest absolute Gasteiger partial charge is 0.412 e. The summed E-state index contributed by atoms with van der Waals surface area (Å²) in [7, 11) is 0. The van der Waals surface area contributed by atoms with Crippen LogP contribution in [0, 0.1) is 0 Å². The largest absolute Gasteiger partial charge is 0.444 e. The first-order valence-corrected chi connectivity index (χ1v) is 6.60. The van der Waals surface area contributed by atoms with E-state index >= 15 is 0 Å². The van der Waals surface area contributed by atoms with E-state index in [-0.39, 0.29) is 5.92 Å². The van der Waals surface area contributed by atoms with Gasteiger partial charge in [-0.15, -0.1) is 0 Å². The predicted molar refractivity (Wildman–Crippen MR) is 78.8 cm³/mol. The summed E-state index contributed by atoms with van der Waals surface area (Å²) >= 11 is 6.06. The van der Waals surface area contributed by atoms with Crippen LogP contribution in [-0.4, -0.2) is 18.2 Å². The molecule has 0 saturated heterocycles. The first-order valence-electron chi connectivity index (χ1n) is 6.22. The summed E-state index contributed by atoms with van der Waals surface area (Å²) in [6.07, 6.45) is -0.521. The van der Waals surface area contributed by atoms with Crippen LogP contribution in [-0.2, 0) is 4.74 Å². The SMILES string of the molecule is CC(CN)c1ccc(Cl)c(NC(=O)OC(C)(C)C)c1. The molecule has 5 heteroatoms. The normalized spacial score (nSPS) is 12.9. The Kier molecular flexibility index (Phi) is 5.20. The van der Waals surface area contributed by atoms with Crippen molar-refractivity contribution < 1.29 is 9.53 Å². The summed E-state index contributed by atoms with van der Waals surface area (Å²) < 4.78 is 5.19. The van der Waals surface area contributed by atoms with E-state index in [1.165, 1.54) is 0 Å². The molecule has 1 unspecified atom stereocenters. The van der Waals surface area contributed by atoms with Gasteiger partial charge in [0.15, 0.2) is 0 Å². The fourth-order valence-corrected chi connectivity index (χ4v) is 1.66. The summed E-state index contributed by atoms with van der Waals surface area (Å²) in [6, 6.07) is 5.47. The Morgan fingerprint density at radius 3 is 2.63 bits per heavy atom. The molecule has 0 radical (unpaired) electrons. The topological polar surface area (TPSA) is 64.3 Å². The molecule has 0 aromatic heterocycles. The van der Waals surface area contributed by atoms with E-state index in [0.29, 0.717) is 17.3 Å². The molecule has 1 atom stereocenters. The first kappa shape index (κ1) is 15.8. The van der Waals surface area contributed by atoms with Crippen LogP contribution in [0.25, 0.3) is 0 Å². The lowest BCUT2D eigenvalue weighted by molar-refractivity contribution is 0.0636. The molecular weight excluding hydrogens is 264 g/mol. The zero-order chi connectivity index (χ0) is 14.6. The fourth-order valence-electron chi connectivity index (χ4n) is 1.49. The van der Waals surface area contributed by atoms with Crippen molar-refractivity contribution in [3.8, 4) is 0 Å². The van der Waals surface area contributed by atoms with Gasteiger partial charge in [0.05, 0.1) is 10.7 Å². The van der Waals surface area contributed by atoms with Gasteiger partial charge in [-0.2, -0.15) is 0 Å². The predicted octanol–water partition coefficient (Wildman–Crippen LogP) is 3.75. The Morgan fingerprint density at radius 2 is 2.11 bits per heavy atom. The van der Waals surface area contributed by atoms with Gasteiger partial charge in [-0.3, -0.25) is 5.32 Å². The molecule has 0 aliphatic rings. The van der Waals surface area contributed by atoms with Gasteiger partial charge in [-0.25, -0.2) is 4.79 Å². The first-order chi connectivity index (χ1) is 8.73. The van der Waals surface area contributed by atoms with Gasteiger partial charge in [0.2, 0.25) is 0 Å². The molecule has 0 saturated carbocycles.